The van der Waals surface area contributed by atoms with Crippen molar-refractivity contribution in [2.45, 2.75) is 43.8 Å². The summed E-state index contributed by atoms with van der Waals surface area (Å²) in [5.74, 6) is 1.36. The van der Waals surface area contributed by atoms with E-state index in [9.17, 15) is 4.79 Å². The molecule has 0 amide bonds. The highest BCUT2D eigenvalue weighted by molar-refractivity contribution is 6.10. The molecule has 70 heavy (non-hydrogen) atoms. The quantitative estimate of drug-likeness (QED) is 0.134. The van der Waals surface area contributed by atoms with E-state index in [4.69, 9.17) is 14.2 Å². The van der Waals surface area contributed by atoms with Gasteiger partial charge in [0.25, 0.3) is 0 Å². The number of piperazine rings is 1. The van der Waals surface area contributed by atoms with Crippen molar-refractivity contribution in [3.05, 3.63) is 215 Å². The molecule has 3 aliphatic heterocycles. The molecule has 8 aromatic rings. The predicted molar refractivity (Wildman–Crippen MR) is 285 cm³/mol. The highest BCUT2D eigenvalue weighted by atomic mass is 16.5. The molecule has 12 rings (SSSR count). The maximum absolute atomic E-state index is 13.4. The first-order chi connectivity index (χ1) is 34.3. The number of piperidine rings is 1. The number of anilines is 3. The van der Waals surface area contributed by atoms with Crippen LogP contribution in [0.1, 0.15) is 64.9 Å². The predicted octanol–water partition coefficient (Wildman–Crippen LogP) is 13.3. The molecule has 8 aromatic carbocycles. The number of fused-ring (bicyclic) bond motifs is 8. The van der Waals surface area contributed by atoms with Crippen LogP contribution in [0.4, 0.5) is 17.1 Å². The van der Waals surface area contributed by atoms with Gasteiger partial charge in [-0.05, 0) is 93.4 Å². The second-order valence-electron chi connectivity index (χ2n) is 19.7. The fourth-order valence-corrected chi connectivity index (χ4v) is 11.7. The lowest BCUT2D eigenvalue weighted by atomic mass is 9.76. The van der Waals surface area contributed by atoms with Gasteiger partial charge in [0, 0.05) is 91.0 Å². The summed E-state index contributed by atoms with van der Waals surface area (Å²) in [5, 5.41) is 2.15. The van der Waals surface area contributed by atoms with Crippen molar-refractivity contribution in [3.8, 4) is 33.8 Å². The number of carbonyl (C=O) groups is 1. The Morgan fingerprint density at radius 1 is 0.600 bits per heavy atom. The Kier molecular flexibility index (Phi) is 11.0. The molecule has 348 valence electrons. The number of ether oxygens (including phenoxy) is 3. The van der Waals surface area contributed by atoms with Crippen LogP contribution in [-0.4, -0.2) is 58.5 Å². The molecule has 0 spiro atoms. The Morgan fingerprint density at radius 3 is 1.86 bits per heavy atom. The van der Waals surface area contributed by atoms with Crippen LogP contribution in [0.5, 0.6) is 11.5 Å². The van der Waals surface area contributed by atoms with Crippen molar-refractivity contribution < 1.29 is 19.0 Å². The first kappa shape index (κ1) is 43.5. The van der Waals surface area contributed by atoms with Crippen molar-refractivity contribution in [1.82, 2.24) is 0 Å². The van der Waals surface area contributed by atoms with Crippen molar-refractivity contribution >= 4 is 39.9 Å². The molecular weight excluding hydrogens is 863 g/mol. The van der Waals surface area contributed by atoms with Gasteiger partial charge in [0.15, 0.2) is 5.60 Å². The largest absolute Gasteiger partial charge is 0.495 e. The van der Waals surface area contributed by atoms with Gasteiger partial charge < -0.3 is 28.9 Å². The SMILES string of the molecule is COc1cc2c3c(c4c(c2cc1N1CCC(OC(=O)c2ccc(-c5ccccc5)cc2)CC1)-c1ccccc1C4(C)C)C=CC(c1ccccc1)(c1ccc(N2CCN(c4ccccc4)CC2)cc1)O3. The van der Waals surface area contributed by atoms with Crippen LogP contribution < -0.4 is 24.2 Å². The zero-order chi connectivity index (χ0) is 47.4. The van der Waals surface area contributed by atoms with E-state index < -0.39 is 5.60 Å². The minimum Gasteiger partial charge on any atom is -0.495 e. The first-order valence-electron chi connectivity index (χ1n) is 24.8. The van der Waals surface area contributed by atoms with E-state index in [1.54, 1.807) is 7.11 Å². The van der Waals surface area contributed by atoms with Gasteiger partial charge in [0.1, 0.15) is 17.6 Å². The summed E-state index contributed by atoms with van der Waals surface area (Å²) in [4.78, 5) is 20.8. The lowest BCUT2D eigenvalue weighted by Gasteiger charge is -2.39. The fourth-order valence-electron chi connectivity index (χ4n) is 11.7. The molecule has 1 unspecified atom stereocenters. The summed E-state index contributed by atoms with van der Waals surface area (Å²) in [6, 6.07) is 61.8. The maximum atomic E-state index is 13.4. The Bertz CT molecular complexity index is 3250. The van der Waals surface area contributed by atoms with Gasteiger partial charge >= 0.3 is 5.97 Å². The van der Waals surface area contributed by atoms with Crippen molar-refractivity contribution in [2.75, 3.05) is 61.1 Å². The van der Waals surface area contributed by atoms with Gasteiger partial charge in [-0.3, -0.25) is 0 Å². The number of hydrogen-bond donors (Lipinski definition) is 0. The molecule has 0 radical (unpaired) electrons. The fraction of sp³-hybridized carbons (Fsp3) is 0.222. The van der Waals surface area contributed by atoms with Crippen molar-refractivity contribution in [1.29, 1.82) is 0 Å². The summed E-state index contributed by atoms with van der Waals surface area (Å²) in [6.07, 6.45) is 5.86. The molecule has 1 aliphatic carbocycles. The first-order valence-corrected chi connectivity index (χ1v) is 24.8. The number of hydrogen-bond acceptors (Lipinski definition) is 7. The summed E-state index contributed by atoms with van der Waals surface area (Å²) in [5.41, 5.74) is 13.4. The molecule has 3 heterocycles. The molecule has 7 nitrogen and oxygen atoms in total. The summed E-state index contributed by atoms with van der Waals surface area (Å²) < 4.78 is 20.2. The number of methoxy groups -OCH3 is 1. The number of rotatable bonds is 9. The van der Waals surface area contributed by atoms with E-state index in [0.717, 1.165) is 95.0 Å². The van der Waals surface area contributed by atoms with Crippen molar-refractivity contribution in [3.63, 3.8) is 0 Å². The Labute approximate surface area is 411 Å². The third-order valence-corrected chi connectivity index (χ3v) is 15.4. The van der Waals surface area contributed by atoms with Crippen molar-refractivity contribution in [2.24, 2.45) is 0 Å². The van der Waals surface area contributed by atoms with E-state index in [1.807, 2.05) is 42.5 Å². The number of benzene rings is 8. The second-order valence-corrected chi connectivity index (χ2v) is 19.7. The summed E-state index contributed by atoms with van der Waals surface area (Å²) >= 11 is 0. The lowest BCUT2D eigenvalue weighted by molar-refractivity contribution is 0.0245. The standard InChI is InChI=1S/C63H57N3O4/c1-62(2)55-22-14-13-21-51(55)58-53-41-56(66-35-32-50(33-36-66)69-61(67)45-25-23-44(24-26-45)43-15-7-4-8-16-43)57(68-3)42-54(53)60-52(59(58)62)31-34-63(70-60,46-17-9-5-10-18-46)47-27-29-49(30-28-47)65-39-37-64(38-40-65)48-19-11-6-12-20-48/h4-31,34,41-42,50H,32-33,35-40H2,1-3H3. The highest BCUT2D eigenvalue weighted by Crippen LogP contribution is 2.59. The smallest absolute Gasteiger partial charge is 0.338 e. The zero-order valence-electron chi connectivity index (χ0n) is 40.1. The van der Waals surface area contributed by atoms with E-state index in [-0.39, 0.29) is 17.5 Å². The molecule has 2 saturated heterocycles. The van der Waals surface area contributed by atoms with Crippen LogP contribution in [0.15, 0.2) is 182 Å². The zero-order valence-corrected chi connectivity index (χ0v) is 40.1. The van der Waals surface area contributed by atoms with Gasteiger partial charge in [-0.25, -0.2) is 4.79 Å². The Balaban J connectivity index is 0.880. The maximum Gasteiger partial charge on any atom is 0.338 e. The normalized spacial score (nSPS) is 18.2. The summed E-state index contributed by atoms with van der Waals surface area (Å²) in [7, 11) is 1.76. The van der Waals surface area contributed by atoms with E-state index >= 15 is 0 Å². The number of esters is 1. The van der Waals surface area contributed by atoms with Crippen LogP contribution in [0.3, 0.4) is 0 Å². The third-order valence-electron chi connectivity index (χ3n) is 15.4. The van der Waals surface area contributed by atoms with Gasteiger partial charge in [-0.1, -0.05) is 147 Å². The van der Waals surface area contributed by atoms with Gasteiger partial charge in [0.05, 0.1) is 18.4 Å². The number of nitrogens with zero attached hydrogens (tertiary/aromatic N) is 3. The molecular formula is C63H57N3O4. The van der Waals surface area contributed by atoms with Crippen LogP contribution in [0.2, 0.25) is 0 Å². The van der Waals surface area contributed by atoms with Crippen LogP contribution in [0, 0.1) is 0 Å². The molecule has 0 aromatic heterocycles. The topological polar surface area (TPSA) is 54.5 Å². The van der Waals surface area contributed by atoms with Gasteiger partial charge in [-0.15, -0.1) is 0 Å². The molecule has 0 N–H and O–H groups in total. The molecule has 1 atom stereocenters. The number of para-hydroxylation sites is 1. The third kappa shape index (κ3) is 7.47. The molecule has 0 saturated carbocycles. The van der Waals surface area contributed by atoms with Crippen LogP contribution in [-0.2, 0) is 15.8 Å². The van der Waals surface area contributed by atoms with E-state index in [1.165, 1.54) is 33.6 Å². The number of carbonyl (C=O) groups excluding carboxylic acids is 1. The highest BCUT2D eigenvalue weighted by Gasteiger charge is 2.45. The minimum atomic E-state index is -0.898. The molecule has 7 heteroatoms. The average molecular weight is 920 g/mol. The molecule has 0 bridgehead atoms. The monoisotopic (exact) mass is 919 g/mol. The van der Waals surface area contributed by atoms with Gasteiger partial charge in [-0.2, -0.15) is 0 Å². The minimum absolute atomic E-state index is 0.182. The molecule has 4 aliphatic rings. The Hall–Kier alpha value is -7.77. The lowest BCUT2D eigenvalue weighted by Crippen LogP contribution is -2.46. The Morgan fingerprint density at radius 2 is 1.19 bits per heavy atom. The van der Waals surface area contributed by atoms with Gasteiger partial charge in [0.2, 0.25) is 0 Å². The van der Waals surface area contributed by atoms with E-state index in [2.05, 4.69) is 174 Å². The molecule has 2 fully saturated rings. The second kappa shape index (κ2) is 17.6. The van der Waals surface area contributed by atoms with Crippen LogP contribution in [0.25, 0.3) is 39.1 Å². The average Bonchev–Trinajstić information content (AvgIpc) is 3.67. The van der Waals surface area contributed by atoms with E-state index in [0.29, 0.717) is 18.4 Å². The summed E-state index contributed by atoms with van der Waals surface area (Å²) in [6.45, 7) is 10.0. The van der Waals surface area contributed by atoms with Crippen LogP contribution >= 0.6 is 0 Å².